The van der Waals surface area contributed by atoms with Gasteiger partial charge < -0.3 is 15.5 Å². The maximum absolute atomic E-state index is 11.3. The van der Waals surface area contributed by atoms with Crippen molar-refractivity contribution in [1.29, 1.82) is 0 Å². The molecule has 0 amide bonds. The van der Waals surface area contributed by atoms with Crippen molar-refractivity contribution in [3.63, 3.8) is 0 Å². The fourth-order valence-electron chi connectivity index (χ4n) is 1.60. The van der Waals surface area contributed by atoms with Gasteiger partial charge in [0.05, 0.1) is 7.11 Å². The number of nitrogen functional groups attached to an aromatic ring is 1. The second kappa shape index (κ2) is 4.10. The Balaban J connectivity index is 2.62. The Hall–Kier alpha value is -2.23. The first-order valence-electron chi connectivity index (χ1n) is 4.84. The lowest BCUT2D eigenvalue weighted by molar-refractivity contribution is 0.416. The topological polar surface area (TPSA) is 68.1 Å². The minimum absolute atomic E-state index is 0.221. The molecule has 1 aromatic heterocycles. The fourth-order valence-corrected chi connectivity index (χ4v) is 1.60. The zero-order chi connectivity index (χ0) is 11.5. The highest BCUT2D eigenvalue weighted by Gasteiger charge is 2.05. The van der Waals surface area contributed by atoms with Crippen molar-refractivity contribution >= 4 is 5.82 Å². The zero-order valence-corrected chi connectivity index (χ0v) is 8.86. The van der Waals surface area contributed by atoms with Crippen LogP contribution in [0.3, 0.4) is 0 Å². The van der Waals surface area contributed by atoms with E-state index in [1.807, 2.05) is 24.3 Å². The molecule has 0 fully saturated rings. The highest BCUT2D eigenvalue weighted by atomic mass is 16.5. The number of para-hydroxylation sites is 1. The Morgan fingerprint density at radius 1 is 1.25 bits per heavy atom. The number of ether oxygens (including phenoxy) is 1. The van der Waals surface area contributed by atoms with Crippen molar-refractivity contribution in [1.82, 2.24) is 4.98 Å². The van der Waals surface area contributed by atoms with E-state index in [0.29, 0.717) is 11.6 Å². The molecule has 4 nitrogen and oxygen atoms in total. The number of hydrogen-bond acceptors (Lipinski definition) is 3. The van der Waals surface area contributed by atoms with E-state index in [-0.39, 0.29) is 5.56 Å². The van der Waals surface area contributed by atoms with Crippen LogP contribution < -0.4 is 16.0 Å². The number of aromatic amines is 1. The van der Waals surface area contributed by atoms with Crippen LogP contribution >= 0.6 is 0 Å². The molecular weight excluding hydrogens is 204 g/mol. The normalized spacial score (nSPS) is 10.1. The van der Waals surface area contributed by atoms with E-state index in [9.17, 15) is 4.79 Å². The first-order valence-corrected chi connectivity index (χ1v) is 4.84. The Morgan fingerprint density at radius 2 is 2.00 bits per heavy atom. The number of hydrogen-bond donors (Lipinski definition) is 2. The second-order valence-corrected chi connectivity index (χ2v) is 3.39. The number of anilines is 1. The van der Waals surface area contributed by atoms with Crippen molar-refractivity contribution in [3.8, 4) is 16.9 Å². The number of rotatable bonds is 2. The minimum atomic E-state index is -0.221. The second-order valence-electron chi connectivity index (χ2n) is 3.39. The van der Waals surface area contributed by atoms with Crippen molar-refractivity contribution < 1.29 is 4.74 Å². The third kappa shape index (κ3) is 1.91. The molecule has 16 heavy (non-hydrogen) atoms. The lowest BCUT2D eigenvalue weighted by Gasteiger charge is -2.08. The molecule has 82 valence electrons. The number of nitrogens with one attached hydrogen (secondary N) is 1. The van der Waals surface area contributed by atoms with Gasteiger partial charge in [-0.25, -0.2) is 0 Å². The third-order valence-electron chi connectivity index (χ3n) is 2.28. The fraction of sp³-hybridized carbons (Fsp3) is 0.0833. The quantitative estimate of drug-likeness (QED) is 0.801. The first-order chi connectivity index (χ1) is 7.70. The van der Waals surface area contributed by atoms with Gasteiger partial charge in [-0.2, -0.15) is 0 Å². The smallest absolute Gasteiger partial charge is 0.250 e. The van der Waals surface area contributed by atoms with Crippen molar-refractivity contribution in [2.75, 3.05) is 12.8 Å². The molecule has 2 rings (SSSR count). The summed E-state index contributed by atoms with van der Waals surface area (Å²) in [6, 6.07) is 10.7. The van der Waals surface area contributed by atoms with E-state index in [2.05, 4.69) is 4.98 Å². The van der Waals surface area contributed by atoms with Crippen LogP contribution in [0.25, 0.3) is 11.1 Å². The highest BCUT2D eigenvalue weighted by molar-refractivity contribution is 5.71. The molecule has 0 aliphatic rings. The summed E-state index contributed by atoms with van der Waals surface area (Å²) in [6.07, 6.45) is 0. The lowest BCUT2D eigenvalue weighted by atomic mass is 10.1. The van der Waals surface area contributed by atoms with Crippen LogP contribution in [0.5, 0.6) is 5.75 Å². The van der Waals surface area contributed by atoms with Gasteiger partial charge in [0.2, 0.25) is 5.56 Å². The SMILES string of the molecule is COc1ccccc1-c1cc(N)[nH]c(=O)c1. The molecular formula is C12H12N2O2. The predicted octanol–water partition coefficient (Wildman–Crippen LogP) is 1.63. The predicted molar refractivity (Wildman–Crippen MR) is 63.5 cm³/mol. The lowest BCUT2D eigenvalue weighted by Crippen LogP contribution is -2.07. The van der Waals surface area contributed by atoms with Gasteiger partial charge in [-0.05, 0) is 17.7 Å². The molecule has 0 saturated heterocycles. The van der Waals surface area contributed by atoms with E-state index in [1.165, 1.54) is 6.07 Å². The summed E-state index contributed by atoms with van der Waals surface area (Å²) in [5.74, 6) is 1.06. The molecule has 0 unspecified atom stereocenters. The van der Waals surface area contributed by atoms with Crippen molar-refractivity contribution in [2.45, 2.75) is 0 Å². The van der Waals surface area contributed by atoms with E-state index in [4.69, 9.17) is 10.5 Å². The molecule has 3 N–H and O–H groups in total. The molecule has 0 bridgehead atoms. The largest absolute Gasteiger partial charge is 0.496 e. The summed E-state index contributed by atoms with van der Waals surface area (Å²) in [7, 11) is 1.59. The molecule has 0 aliphatic carbocycles. The van der Waals surface area contributed by atoms with Gasteiger partial charge in [-0.3, -0.25) is 4.79 Å². The molecule has 0 spiro atoms. The maximum atomic E-state index is 11.3. The van der Waals surface area contributed by atoms with E-state index < -0.39 is 0 Å². The minimum Gasteiger partial charge on any atom is -0.496 e. The monoisotopic (exact) mass is 216 g/mol. The van der Waals surface area contributed by atoms with Crippen molar-refractivity contribution in [2.24, 2.45) is 0 Å². The number of H-pyrrole nitrogens is 1. The summed E-state index contributed by atoms with van der Waals surface area (Å²) in [6.45, 7) is 0. The Labute approximate surface area is 92.7 Å². The van der Waals surface area contributed by atoms with Gasteiger partial charge in [0.1, 0.15) is 11.6 Å². The van der Waals surface area contributed by atoms with Crippen LogP contribution in [0.15, 0.2) is 41.2 Å². The summed E-state index contributed by atoms with van der Waals surface area (Å²) in [5, 5.41) is 0. The van der Waals surface area contributed by atoms with Gasteiger partial charge in [-0.15, -0.1) is 0 Å². The third-order valence-corrected chi connectivity index (χ3v) is 2.28. The molecule has 2 aromatic rings. The maximum Gasteiger partial charge on any atom is 0.250 e. The number of benzene rings is 1. The molecule has 0 radical (unpaired) electrons. The standard InChI is InChI=1S/C12H12N2O2/c1-16-10-5-3-2-4-9(10)8-6-11(13)14-12(15)7-8/h2-7H,1H3,(H3,13,14,15). The zero-order valence-electron chi connectivity index (χ0n) is 8.86. The summed E-state index contributed by atoms with van der Waals surface area (Å²) >= 11 is 0. The number of aromatic nitrogens is 1. The van der Waals surface area contributed by atoms with Crippen LogP contribution in [0, 0.1) is 0 Å². The van der Waals surface area contributed by atoms with E-state index in [0.717, 1.165) is 11.1 Å². The summed E-state index contributed by atoms with van der Waals surface area (Å²) in [5.41, 5.74) is 6.97. The van der Waals surface area contributed by atoms with Crippen LogP contribution in [0.4, 0.5) is 5.82 Å². The molecule has 1 heterocycles. The molecule has 1 aromatic carbocycles. The van der Waals surface area contributed by atoms with Crippen molar-refractivity contribution in [3.05, 3.63) is 46.8 Å². The molecule has 4 heteroatoms. The summed E-state index contributed by atoms with van der Waals surface area (Å²) in [4.78, 5) is 13.8. The van der Waals surface area contributed by atoms with Gasteiger partial charge in [0.25, 0.3) is 0 Å². The Kier molecular flexibility index (Phi) is 2.64. The Bertz CT molecular complexity index is 561. The number of methoxy groups -OCH3 is 1. The average molecular weight is 216 g/mol. The number of pyridine rings is 1. The Morgan fingerprint density at radius 3 is 2.69 bits per heavy atom. The van der Waals surface area contributed by atoms with Crippen LogP contribution in [-0.2, 0) is 0 Å². The average Bonchev–Trinajstić information content (AvgIpc) is 2.27. The molecule has 0 saturated carbocycles. The first kappa shape index (κ1) is 10.3. The van der Waals surface area contributed by atoms with Crippen LogP contribution in [0.2, 0.25) is 0 Å². The molecule has 0 atom stereocenters. The van der Waals surface area contributed by atoms with Gasteiger partial charge in [0.15, 0.2) is 0 Å². The van der Waals surface area contributed by atoms with Crippen LogP contribution in [-0.4, -0.2) is 12.1 Å². The van der Waals surface area contributed by atoms with E-state index in [1.54, 1.807) is 13.2 Å². The number of nitrogens with two attached hydrogens (primary N) is 1. The van der Waals surface area contributed by atoms with Crippen LogP contribution in [0.1, 0.15) is 0 Å². The van der Waals surface area contributed by atoms with E-state index >= 15 is 0 Å². The highest BCUT2D eigenvalue weighted by Crippen LogP contribution is 2.28. The van der Waals surface area contributed by atoms with Gasteiger partial charge in [-0.1, -0.05) is 18.2 Å². The van der Waals surface area contributed by atoms with Gasteiger partial charge in [0, 0.05) is 11.6 Å². The summed E-state index contributed by atoms with van der Waals surface area (Å²) < 4.78 is 5.23. The molecule has 0 aliphatic heterocycles. The van der Waals surface area contributed by atoms with Gasteiger partial charge >= 0.3 is 0 Å².